The summed E-state index contributed by atoms with van der Waals surface area (Å²) in [6.07, 6.45) is 5.12. The minimum atomic E-state index is -0.379. The van der Waals surface area contributed by atoms with Gasteiger partial charge < -0.3 is 15.2 Å². The zero-order chi connectivity index (χ0) is 13.1. The van der Waals surface area contributed by atoms with E-state index in [1.54, 1.807) is 11.1 Å². The summed E-state index contributed by atoms with van der Waals surface area (Å²) in [6, 6.07) is 0. The number of halogens is 1. The van der Waals surface area contributed by atoms with Crippen molar-refractivity contribution in [3.05, 3.63) is 54.4 Å². The first-order valence-corrected chi connectivity index (χ1v) is 5.92. The number of allylic oxidation sites excluding steroid dienone is 1. The van der Waals surface area contributed by atoms with E-state index in [0.29, 0.717) is 12.4 Å². The number of nitrogens with one attached hydrogen (secondary N) is 2. The maximum absolute atomic E-state index is 13.4. The molecule has 18 heavy (non-hydrogen) atoms. The molecule has 1 aliphatic rings. The first kappa shape index (κ1) is 12.4. The highest BCUT2D eigenvalue weighted by Crippen LogP contribution is 2.20. The number of hydrogen-bond donors (Lipinski definition) is 2. The van der Waals surface area contributed by atoms with Crippen molar-refractivity contribution in [1.29, 1.82) is 0 Å². The molecule has 4 nitrogen and oxygen atoms in total. The van der Waals surface area contributed by atoms with E-state index < -0.39 is 0 Å². The molecule has 0 saturated heterocycles. The quantitative estimate of drug-likeness (QED) is 0.860. The number of aromatic nitrogens is 2. The Labute approximate surface area is 106 Å². The Morgan fingerprint density at radius 3 is 2.94 bits per heavy atom. The summed E-state index contributed by atoms with van der Waals surface area (Å²) in [5.41, 5.74) is 1.17. The lowest BCUT2D eigenvalue weighted by atomic mass is 10.3. The zero-order valence-corrected chi connectivity index (χ0v) is 10.5. The summed E-state index contributed by atoms with van der Waals surface area (Å²) in [5, 5.41) is 2.79. The smallest absolute Gasteiger partial charge is 0.162 e. The van der Waals surface area contributed by atoms with Crippen LogP contribution in [0.5, 0.6) is 0 Å². The summed E-state index contributed by atoms with van der Waals surface area (Å²) in [5.74, 6) is 1.18. The van der Waals surface area contributed by atoms with Gasteiger partial charge in [0.25, 0.3) is 0 Å². The summed E-state index contributed by atoms with van der Waals surface area (Å²) < 4.78 is 13.4. The van der Waals surface area contributed by atoms with E-state index in [1.807, 2.05) is 0 Å². The van der Waals surface area contributed by atoms with E-state index in [2.05, 4.69) is 35.4 Å². The fraction of sp³-hybridized carbons (Fsp3) is 0.308. The van der Waals surface area contributed by atoms with Crippen LogP contribution in [0.3, 0.4) is 0 Å². The molecule has 0 spiro atoms. The van der Waals surface area contributed by atoms with Crippen molar-refractivity contribution in [3.8, 4) is 0 Å². The van der Waals surface area contributed by atoms with Crippen LogP contribution in [-0.2, 0) is 13.0 Å². The molecule has 0 aromatic carbocycles. The van der Waals surface area contributed by atoms with Crippen LogP contribution in [0.1, 0.15) is 24.9 Å². The van der Waals surface area contributed by atoms with Gasteiger partial charge in [0, 0.05) is 12.6 Å². The van der Waals surface area contributed by atoms with Crippen LogP contribution in [0.25, 0.3) is 0 Å². The predicted octanol–water partition coefficient (Wildman–Crippen LogP) is 2.56. The Kier molecular flexibility index (Phi) is 3.50. The van der Waals surface area contributed by atoms with Crippen LogP contribution in [-0.4, -0.2) is 14.9 Å². The SMILES string of the molecule is C=C1NC(=C)N(Cc2cnc(CCC)[nH]2)C=C1F. The monoisotopic (exact) mass is 248 g/mol. The van der Waals surface area contributed by atoms with Crippen molar-refractivity contribution in [3.63, 3.8) is 0 Å². The van der Waals surface area contributed by atoms with Gasteiger partial charge in [0.1, 0.15) is 11.6 Å². The molecule has 0 saturated carbocycles. The number of nitrogens with zero attached hydrogens (tertiary/aromatic N) is 2. The highest BCUT2D eigenvalue weighted by Gasteiger charge is 2.17. The van der Waals surface area contributed by atoms with Crippen LogP contribution in [0.2, 0.25) is 0 Å². The predicted molar refractivity (Wildman–Crippen MR) is 68.7 cm³/mol. The fourth-order valence-electron chi connectivity index (χ4n) is 1.77. The molecule has 2 rings (SSSR count). The van der Waals surface area contributed by atoms with Crippen molar-refractivity contribution in [2.24, 2.45) is 0 Å². The summed E-state index contributed by atoms with van der Waals surface area (Å²) in [4.78, 5) is 9.17. The largest absolute Gasteiger partial charge is 0.344 e. The second-order valence-corrected chi connectivity index (χ2v) is 4.26. The maximum Gasteiger partial charge on any atom is 0.162 e. The van der Waals surface area contributed by atoms with Gasteiger partial charge in [0.15, 0.2) is 5.83 Å². The maximum atomic E-state index is 13.4. The van der Waals surface area contributed by atoms with Crippen molar-refractivity contribution in [2.75, 3.05) is 0 Å². The van der Waals surface area contributed by atoms with E-state index in [9.17, 15) is 4.39 Å². The van der Waals surface area contributed by atoms with E-state index in [-0.39, 0.29) is 11.5 Å². The van der Waals surface area contributed by atoms with Crippen LogP contribution < -0.4 is 5.32 Å². The second kappa shape index (κ2) is 5.08. The third-order valence-corrected chi connectivity index (χ3v) is 2.71. The minimum absolute atomic E-state index is 0.243. The lowest BCUT2D eigenvalue weighted by Crippen LogP contribution is -2.31. The second-order valence-electron chi connectivity index (χ2n) is 4.26. The lowest BCUT2D eigenvalue weighted by Gasteiger charge is -2.28. The average Bonchev–Trinajstić information content (AvgIpc) is 2.74. The topological polar surface area (TPSA) is 44.0 Å². The molecule has 0 amide bonds. The lowest BCUT2D eigenvalue weighted by molar-refractivity contribution is 0.391. The third-order valence-electron chi connectivity index (χ3n) is 2.71. The Morgan fingerprint density at radius 2 is 2.22 bits per heavy atom. The van der Waals surface area contributed by atoms with Gasteiger partial charge in [0.05, 0.1) is 24.1 Å². The van der Waals surface area contributed by atoms with Crippen LogP contribution in [0, 0.1) is 0 Å². The fourth-order valence-corrected chi connectivity index (χ4v) is 1.77. The number of hydrogen-bond acceptors (Lipinski definition) is 3. The molecule has 1 aromatic heterocycles. The Hall–Kier alpha value is -2.04. The highest BCUT2D eigenvalue weighted by atomic mass is 19.1. The van der Waals surface area contributed by atoms with Gasteiger partial charge >= 0.3 is 0 Å². The summed E-state index contributed by atoms with van der Waals surface area (Å²) in [6.45, 7) is 9.98. The molecule has 1 aromatic rings. The Bertz CT molecular complexity index is 501. The van der Waals surface area contributed by atoms with Gasteiger partial charge in [-0.3, -0.25) is 0 Å². The zero-order valence-electron chi connectivity index (χ0n) is 10.5. The van der Waals surface area contributed by atoms with Gasteiger partial charge in [-0.15, -0.1) is 0 Å². The number of aromatic amines is 1. The van der Waals surface area contributed by atoms with Gasteiger partial charge in [-0.05, 0) is 6.42 Å². The molecule has 0 aliphatic carbocycles. The summed E-state index contributed by atoms with van der Waals surface area (Å²) >= 11 is 0. The molecule has 2 heterocycles. The van der Waals surface area contributed by atoms with Crippen molar-refractivity contribution < 1.29 is 4.39 Å². The number of rotatable bonds is 4. The molecule has 0 fully saturated rings. The highest BCUT2D eigenvalue weighted by molar-refractivity contribution is 5.29. The normalized spacial score (nSPS) is 15.7. The molecule has 1 aliphatic heterocycles. The molecular weight excluding hydrogens is 231 g/mol. The van der Waals surface area contributed by atoms with Crippen molar-refractivity contribution in [1.82, 2.24) is 20.2 Å². The van der Waals surface area contributed by atoms with Gasteiger partial charge in [-0.2, -0.15) is 0 Å². The number of H-pyrrole nitrogens is 1. The molecule has 96 valence electrons. The van der Waals surface area contributed by atoms with Crippen LogP contribution in [0.4, 0.5) is 4.39 Å². The van der Waals surface area contributed by atoms with E-state index in [0.717, 1.165) is 24.4 Å². The summed E-state index contributed by atoms with van der Waals surface area (Å²) in [7, 11) is 0. The molecule has 0 radical (unpaired) electrons. The van der Waals surface area contributed by atoms with E-state index in [4.69, 9.17) is 0 Å². The molecule has 2 N–H and O–H groups in total. The van der Waals surface area contributed by atoms with Crippen LogP contribution >= 0.6 is 0 Å². The number of imidazole rings is 1. The molecule has 0 atom stereocenters. The van der Waals surface area contributed by atoms with Gasteiger partial charge in [0.2, 0.25) is 0 Å². The van der Waals surface area contributed by atoms with Gasteiger partial charge in [-0.25, -0.2) is 9.37 Å². The Balaban J connectivity index is 2.08. The molecule has 0 bridgehead atoms. The third kappa shape index (κ3) is 2.61. The first-order chi connectivity index (χ1) is 8.60. The van der Waals surface area contributed by atoms with Crippen molar-refractivity contribution in [2.45, 2.75) is 26.3 Å². The van der Waals surface area contributed by atoms with Crippen LogP contribution in [0.15, 0.2) is 42.9 Å². The number of aryl methyl sites for hydroxylation is 1. The van der Waals surface area contributed by atoms with E-state index >= 15 is 0 Å². The molecule has 0 unspecified atom stereocenters. The minimum Gasteiger partial charge on any atom is -0.344 e. The molecular formula is C13H17FN4. The molecule has 5 heteroatoms. The van der Waals surface area contributed by atoms with E-state index in [1.165, 1.54) is 6.20 Å². The average molecular weight is 248 g/mol. The standard InChI is InChI=1S/C13H17FN4/c1-4-5-13-15-6-11(17-13)7-18-8-12(14)9(2)16-10(18)3/h6,8,16H,2-5,7H2,1H3,(H,15,17). The van der Waals surface area contributed by atoms with Gasteiger partial charge in [-0.1, -0.05) is 20.1 Å². The Morgan fingerprint density at radius 1 is 1.44 bits per heavy atom. The first-order valence-electron chi connectivity index (χ1n) is 5.92. The van der Waals surface area contributed by atoms with Crippen molar-refractivity contribution >= 4 is 0 Å².